The van der Waals surface area contributed by atoms with Gasteiger partial charge in [-0.05, 0) is 42.5 Å². The van der Waals surface area contributed by atoms with Gasteiger partial charge in [-0.2, -0.15) is 13.2 Å². The summed E-state index contributed by atoms with van der Waals surface area (Å²) >= 11 is 6.22. The van der Waals surface area contributed by atoms with Gasteiger partial charge >= 0.3 is 6.18 Å². The number of nitrogens with zero attached hydrogens (tertiary/aromatic N) is 3. The molecule has 184 valence electrons. The molecule has 0 radical (unpaired) electrons. The molecule has 0 unspecified atom stereocenters. The molecule has 2 aromatic rings. The summed E-state index contributed by atoms with van der Waals surface area (Å²) in [7, 11) is 0. The Morgan fingerprint density at radius 3 is 2.26 bits per heavy atom. The molecule has 10 heteroatoms. The largest absolute Gasteiger partial charge is 0.390 e. The number of morpholine rings is 1. The van der Waals surface area contributed by atoms with Crippen molar-refractivity contribution in [1.82, 2.24) is 4.90 Å². The number of ether oxygens (including phenoxy) is 1. The number of piperazine rings is 1. The number of halogens is 4. The topological polar surface area (TPSA) is 48.1 Å². The van der Waals surface area contributed by atoms with Crippen LogP contribution in [0.15, 0.2) is 42.5 Å². The van der Waals surface area contributed by atoms with Crippen molar-refractivity contribution < 1.29 is 22.7 Å². The van der Waals surface area contributed by atoms with Crippen molar-refractivity contribution in [2.45, 2.75) is 12.6 Å². The van der Waals surface area contributed by atoms with Gasteiger partial charge in [-0.15, -0.1) is 0 Å². The Kier molecular flexibility index (Phi) is 7.85. The van der Waals surface area contributed by atoms with Gasteiger partial charge in [0.15, 0.2) is 0 Å². The molecular weight excluding hydrogens is 469 g/mol. The molecule has 2 aliphatic heterocycles. The van der Waals surface area contributed by atoms with E-state index in [0.717, 1.165) is 24.5 Å². The molecular formula is C24H28ClF3N4O2. The third-order valence-electron chi connectivity index (χ3n) is 6.14. The minimum atomic E-state index is -4.15. The lowest BCUT2D eigenvalue weighted by Gasteiger charge is -2.37. The van der Waals surface area contributed by atoms with Crippen LogP contribution in [-0.2, 0) is 4.74 Å². The van der Waals surface area contributed by atoms with E-state index >= 15 is 0 Å². The summed E-state index contributed by atoms with van der Waals surface area (Å²) in [6, 6.07) is 12.7. The fourth-order valence-corrected chi connectivity index (χ4v) is 4.38. The molecule has 0 spiro atoms. The lowest BCUT2D eigenvalue weighted by molar-refractivity contribution is -0.138. The zero-order valence-electron chi connectivity index (χ0n) is 18.8. The highest BCUT2D eigenvalue weighted by Crippen LogP contribution is 2.31. The van der Waals surface area contributed by atoms with E-state index in [2.05, 4.69) is 10.2 Å². The van der Waals surface area contributed by atoms with E-state index < -0.39 is 12.6 Å². The van der Waals surface area contributed by atoms with Crippen LogP contribution in [0.2, 0.25) is 5.02 Å². The van der Waals surface area contributed by atoms with Crippen LogP contribution in [0.5, 0.6) is 0 Å². The number of nitrogens with one attached hydrogen (secondary N) is 1. The fourth-order valence-electron chi connectivity index (χ4n) is 4.21. The Bertz CT molecular complexity index is 973. The van der Waals surface area contributed by atoms with Crippen molar-refractivity contribution in [3.8, 4) is 0 Å². The molecule has 34 heavy (non-hydrogen) atoms. The summed E-state index contributed by atoms with van der Waals surface area (Å²) in [5, 5.41) is 3.50. The molecule has 0 bridgehead atoms. The summed E-state index contributed by atoms with van der Waals surface area (Å²) in [6.07, 6.45) is -4.96. The normalized spacial score (nSPS) is 17.6. The van der Waals surface area contributed by atoms with Crippen LogP contribution >= 0.6 is 11.6 Å². The van der Waals surface area contributed by atoms with E-state index in [1.54, 1.807) is 30.3 Å². The summed E-state index contributed by atoms with van der Waals surface area (Å²) in [5.74, 6) is -0.235. The second-order valence-corrected chi connectivity index (χ2v) is 8.89. The summed E-state index contributed by atoms with van der Waals surface area (Å²) in [6.45, 7) is 5.15. The molecule has 0 atom stereocenters. The third-order valence-corrected chi connectivity index (χ3v) is 6.37. The van der Waals surface area contributed by atoms with E-state index in [9.17, 15) is 18.0 Å². The fraction of sp³-hybridized carbons (Fsp3) is 0.458. The van der Waals surface area contributed by atoms with Crippen molar-refractivity contribution in [3.63, 3.8) is 0 Å². The van der Waals surface area contributed by atoms with E-state index in [0.29, 0.717) is 55.7 Å². The van der Waals surface area contributed by atoms with E-state index in [1.807, 2.05) is 21.9 Å². The molecule has 0 aliphatic carbocycles. The second-order valence-electron chi connectivity index (χ2n) is 8.46. The number of hydrogen-bond acceptors (Lipinski definition) is 5. The van der Waals surface area contributed by atoms with Gasteiger partial charge in [0, 0.05) is 62.1 Å². The minimum Gasteiger partial charge on any atom is -0.378 e. The van der Waals surface area contributed by atoms with Crippen LogP contribution in [0.4, 0.5) is 30.2 Å². The quantitative estimate of drug-likeness (QED) is 0.638. The monoisotopic (exact) mass is 496 g/mol. The first kappa shape index (κ1) is 24.6. The smallest absolute Gasteiger partial charge is 0.378 e. The zero-order chi connectivity index (χ0) is 24.1. The first-order valence-electron chi connectivity index (χ1n) is 11.4. The Hall–Kier alpha value is -2.49. The number of carbonyl (C=O) groups excluding carboxylic acids is 1. The van der Waals surface area contributed by atoms with Crippen LogP contribution in [0.1, 0.15) is 16.8 Å². The summed E-state index contributed by atoms with van der Waals surface area (Å²) in [5.41, 5.74) is 2.97. The second kappa shape index (κ2) is 10.8. The Balaban J connectivity index is 1.40. The summed E-state index contributed by atoms with van der Waals surface area (Å²) < 4.78 is 43.0. The Morgan fingerprint density at radius 1 is 0.941 bits per heavy atom. The first-order chi connectivity index (χ1) is 16.3. The number of carbonyl (C=O) groups is 1. The standard InChI is InChI=1S/C24H28ClF3N4O2/c25-19-3-6-21(22(17-19)32-11-9-30(10-12-32)8-7-24(26,27)28)29-23(33)18-1-4-20(5-2-18)31-13-15-34-16-14-31/h1-6,17H,7-16H2,(H,29,33). The van der Waals surface area contributed by atoms with E-state index in [4.69, 9.17) is 16.3 Å². The number of alkyl halides is 3. The molecule has 2 aliphatic rings. The number of hydrogen-bond donors (Lipinski definition) is 1. The first-order valence-corrected chi connectivity index (χ1v) is 11.7. The van der Waals surface area contributed by atoms with Gasteiger partial charge in [0.25, 0.3) is 5.91 Å². The maximum atomic E-state index is 12.9. The predicted octanol–water partition coefficient (Wildman–Crippen LogP) is 4.50. The maximum absolute atomic E-state index is 12.9. The van der Waals surface area contributed by atoms with Crippen molar-refractivity contribution in [1.29, 1.82) is 0 Å². The molecule has 1 N–H and O–H groups in total. The van der Waals surface area contributed by atoms with E-state index in [1.165, 1.54) is 0 Å². The lowest BCUT2D eigenvalue weighted by atomic mass is 10.1. The van der Waals surface area contributed by atoms with Gasteiger partial charge in [-0.25, -0.2) is 0 Å². The average Bonchev–Trinajstić information content (AvgIpc) is 2.84. The number of benzene rings is 2. The molecule has 1 amide bonds. The molecule has 2 saturated heterocycles. The van der Waals surface area contributed by atoms with Gasteiger partial charge < -0.3 is 19.9 Å². The number of anilines is 3. The molecule has 0 aromatic heterocycles. The molecule has 6 nitrogen and oxygen atoms in total. The molecule has 2 aromatic carbocycles. The highest BCUT2D eigenvalue weighted by molar-refractivity contribution is 6.31. The Morgan fingerprint density at radius 2 is 1.62 bits per heavy atom. The van der Waals surface area contributed by atoms with Crippen LogP contribution in [0.25, 0.3) is 0 Å². The van der Waals surface area contributed by atoms with Crippen molar-refractivity contribution >= 4 is 34.6 Å². The SMILES string of the molecule is O=C(Nc1ccc(Cl)cc1N1CCN(CCC(F)(F)F)CC1)c1ccc(N2CCOCC2)cc1. The van der Waals surface area contributed by atoms with Gasteiger partial charge in [0.2, 0.25) is 0 Å². The van der Waals surface area contributed by atoms with Gasteiger partial charge in [-0.3, -0.25) is 9.69 Å². The third kappa shape index (κ3) is 6.55. The molecule has 2 fully saturated rings. The van der Waals surface area contributed by atoms with Crippen molar-refractivity contribution in [2.24, 2.45) is 0 Å². The van der Waals surface area contributed by atoms with Crippen molar-refractivity contribution in [2.75, 3.05) is 74.1 Å². The average molecular weight is 497 g/mol. The van der Waals surface area contributed by atoms with Gasteiger partial charge in [-0.1, -0.05) is 11.6 Å². The molecule has 4 rings (SSSR count). The highest BCUT2D eigenvalue weighted by Gasteiger charge is 2.29. The maximum Gasteiger partial charge on any atom is 0.390 e. The van der Waals surface area contributed by atoms with Crippen LogP contribution in [0, 0.1) is 0 Å². The highest BCUT2D eigenvalue weighted by atomic mass is 35.5. The number of rotatable bonds is 6. The van der Waals surface area contributed by atoms with E-state index in [-0.39, 0.29) is 12.5 Å². The van der Waals surface area contributed by atoms with Crippen molar-refractivity contribution in [3.05, 3.63) is 53.1 Å². The van der Waals surface area contributed by atoms with Crippen LogP contribution in [0.3, 0.4) is 0 Å². The number of amides is 1. The van der Waals surface area contributed by atoms with Gasteiger partial charge in [0.1, 0.15) is 0 Å². The minimum absolute atomic E-state index is 0.00305. The predicted molar refractivity (Wildman–Crippen MR) is 128 cm³/mol. The van der Waals surface area contributed by atoms with Crippen LogP contribution in [-0.4, -0.2) is 76.0 Å². The summed E-state index contributed by atoms with van der Waals surface area (Å²) in [4.78, 5) is 19.0. The Labute approximate surface area is 202 Å². The zero-order valence-corrected chi connectivity index (χ0v) is 19.5. The molecule has 2 heterocycles. The lowest BCUT2D eigenvalue weighted by Crippen LogP contribution is -2.47. The van der Waals surface area contributed by atoms with Crippen LogP contribution < -0.4 is 15.1 Å². The molecule has 0 saturated carbocycles. The van der Waals surface area contributed by atoms with Gasteiger partial charge in [0.05, 0.1) is 31.0 Å².